The predicted octanol–water partition coefficient (Wildman–Crippen LogP) is 6.62. The largest absolute Gasteiger partial charge is 0.366 e. The summed E-state index contributed by atoms with van der Waals surface area (Å²) in [6.45, 7) is 7.37. The maximum Gasteiger partial charge on any atom is 0.248 e. The van der Waals surface area contributed by atoms with E-state index < -0.39 is 0 Å². The van der Waals surface area contributed by atoms with Crippen LogP contribution in [0.4, 0.5) is 0 Å². The number of carbonyl (C=O) groups excluding carboxylic acids is 1. The van der Waals surface area contributed by atoms with E-state index in [9.17, 15) is 4.79 Å². The molecule has 1 fully saturated rings. The van der Waals surface area contributed by atoms with E-state index in [1.54, 1.807) is 11.3 Å². The Kier molecular flexibility index (Phi) is 7.30. The minimum absolute atomic E-state index is 0.351. The number of amides is 1. The first-order valence-electron chi connectivity index (χ1n) is 12.8. The van der Waals surface area contributed by atoms with Crippen molar-refractivity contribution in [1.82, 2.24) is 9.88 Å². The third-order valence-electron chi connectivity index (χ3n) is 7.37. The molecule has 0 saturated carbocycles. The van der Waals surface area contributed by atoms with Crippen molar-refractivity contribution >= 4 is 33.7 Å². The van der Waals surface area contributed by atoms with E-state index in [0.29, 0.717) is 5.56 Å². The third-order valence-corrected chi connectivity index (χ3v) is 8.11. The van der Waals surface area contributed by atoms with Crippen LogP contribution in [0.25, 0.3) is 16.5 Å². The number of hydrogen-bond acceptors (Lipinski definition) is 4. The van der Waals surface area contributed by atoms with Crippen molar-refractivity contribution in [2.24, 2.45) is 5.73 Å². The summed E-state index contributed by atoms with van der Waals surface area (Å²) < 4.78 is 0. The van der Waals surface area contributed by atoms with E-state index in [-0.39, 0.29) is 5.91 Å². The van der Waals surface area contributed by atoms with Crippen molar-refractivity contribution in [3.63, 3.8) is 0 Å². The molecule has 2 N–H and O–H groups in total. The van der Waals surface area contributed by atoms with Gasteiger partial charge in [-0.2, -0.15) is 11.3 Å². The Morgan fingerprint density at radius 2 is 1.67 bits per heavy atom. The van der Waals surface area contributed by atoms with Crippen molar-refractivity contribution in [3.8, 4) is 0 Å². The zero-order chi connectivity index (χ0) is 25.1. The summed E-state index contributed by atoms with van der Waals surface area (Å²) in [6, 6.07) is 16.9. The Hall–Kier alpha value is -3.28. The molecule has 0 aliphatic carbocycles. The molecule has 5 rings (SSSR count). The number of para-hydroxylation sites is 1. The van der Waals surface area contributed by atoms with Gasteiger partial charge in [-0.1, -0.05) is 49.8 Å². The first kappa shape index (κ1) is 24.4. The highest BCUT2D eigenvalue weighted by Crippen LogP contribution is 2.39. The fraction of sp³-hybridized carbons (Fsp3) is 0.290. The molecule has 184 valence electrons. The Labute approximate surface area is 217 Å². The highest BCUT2D eigenvalue weighted by Gasteiger charge is 2.24. The van der Waals surface area contributed by atoms with Gasteiger partial charge in [0.2, 0.25) is 5.91 Å². The number of rotatable bonds is 7. The maximum absolute atomic E-state index is 12.2. The minimum Gasteiger partial charge on any atom is -0.366 e. The second kappa shape index (κ2) is 10.8. The molecule has 0 spiro atoms. The third kappa shape index (κ3) is 4.73. The summed E-state index contributed by atoms with van der Waals surface area (Å²) in [7, 11) is 0. The quantitative estimate of drug-likeness (QED) is 0.313. The second-order valence-corrected chi connectivity index (χ2v) is 10.2. The Bertz CT molecular complexity index is 1410. The van der Waals surface area contributed by atoms with Gasteiger partial charge in [0.05, 0.1) is 5.52 Å². The van der Waals surface area contributed by atoms with E-state index in [2.05, 4.69) is 65.9 Å². The van der Waals surface area contributed by atoms with Crippen LogP contribution < -0.4 is 5.73 Å². The van der Waals surface area contributed by atoms with Crippen LogP contribution in [-0.4, -0.2) is 28.9 Å². The van der Waals surface area contributed by atoms with Gasteiger partial charge in [-0.05, 0) is 82.5 Å². The number of likely N-dealkylation sites (tertiary alicyclic amines) is 1. The van der Waals surface area contributed by atoms with E-state index in [1.165, 1.54) is 33.4 Å². The highest BCUT2D eigenvalue weighted by atomic mass is 32.1. The number of fused-ring (bicyclic) bond motifs is 1. The zero-order valence-corrected chi connectivity index (χ0v) is 21.9. The zero-order valence-electron chi connectivity index (χ0n) is 21.1. The van der Waals surface area contributed by atoms with Gasteiger partial charge in [-0.25, -0.2) is 0 Å². The van der Waals surface area contributed by atoms with E-state index in [1.807, 2.05) is 18.3 Å². The number of nitrogens with zero attached hydrogens (tertiary/aromatic N) is 2. The maximum atomic E-state index is 12.2. The molecule has 1 aliphatic heterocycles. The average molecular weight is 496 g/mol. The van der Waals surface area contributed by atoms with Crippen LogP contribution >= 0.6 is 11.3 Å². The normalized spacial score (nSPS) is 14.3. The molecule has 4 aromatic rings. The van der Waals surface area contributed by atoms with Crippen LogP contribution in [-0.2, 0) is 19.4 Å². The molecule has 4 nitrogen and oxygen atoms in total. The summed E-state index contributed by atoms with van der Waals surface area (Å²) in [4.78, 5) is 19.6. The predicted molar refractivity (Wildman–Crippen MR) is 150 cm³/mol. The number of primary amides is 1. The summed E-state index contributed by atoms with van der Waals surface area (Å²) >= 11 is 1.76. The molecule has 1 amide bonds. The number of carbonyl (C=O) groups is 1. The number of benzene rings is 2. The second-order valence-electron chi connectivity index (χ2n) is 9.46. The average Bonchev–Trinajstić information content (AvgIpc) is 3.42. The fourth-order valence-corrected chi connectivity index (χ4v) is 6.33. The lowest BCUT2D eigenvalue weighted by Crippen LogP contribution is -2.30. The topological polar surface area (TPSA) is 59.2 Å². The van der Waals surface area contributed by atoms with Crippen molar-refractivity contribution in [2.45, 2.75) is 46.1 Å². The number of pyridine rings is 1. The van der Waals surface area contributed by atoms with Crippen molar-refractivity contribution < 1.29 is 4.79 Å². The van der Waals surface area contributed by atoms with Gasteiger partial charge < -0.3 is 5.73 Å². The van der Waals surface area contributed by atoms with Gasteiger partial charge in [-0.15, -0.1) is 0 Å². The molecule has 3 heterocycles. The van der Waals surface area contributed by atoms with Gasteiger partial charge in [-0.3, -0.25) is 14.7 Å². The number of aromatic nitrogens is 1. The molecule has 0 unspecified atom stereocenters. The first-order chi connectivity index (χ1) is 17.6. The summed E-state index contributed by atoms with van der Waals surface area (Å²) in [5, 5.41) is 5.55. The van der Waals surface area contributed by atoms with Crippen molar-refractivity contribution in [1.29, 1.82) is 0 Å². The first-order valence-corrected chi connectivity index (χ1v) is 13.8. The van der Waals surface area contributed by atoms with Crippen LogP contribution in [0.2, 0.25) is 0 Å². The Morgan fingerprint density at radius 3 is 2.36 bits per heavy atom. The van der Waals surface area contributed by atoms with Crippen LogP contribution in [0.15, 0.2) is 71.1 Å². The van der Waals surface area contributed by atoms with Gasteiger partial charge in [0.25, 0.3) is 0 Å². The number of nitrogens with two attached hydrogens (primary N) is 1. The standard InChI is InChI=1S/C31H33N3OS/c1-3-24-25(4-2)27(31(32)35)11-10-26(24)29(28-9-5-7-23-8-6-15-33-30(23)28)22-12-16-34(17-13-22)19-21-14-18-36-20-21/h5-11,14-15,18,20H,3-4,12-13,16-17,19H2,1-2H3,(H2,32,35). The Balaban J connectivity index is 1.66. The van der Waals surface area contributed by atoms with Gasteiger partial charge in [0.15, 0.2) is 0 Å². The summed E-state index contributed by atoms with van der Waals surface area (Å²) in [5.74, 6) is -0.351. The number of hydrogen-bond donors (Lipinski definition) is 1. The molecule has 0 bridgehead atoms. The summed E-state index contributed by atoms with van der Waals surface area (Å²) in [5.41, 5.74) is 16.3. The molecule has 2 aromatic heterocycles. The lowest BCUT2D eigenvalue weighted by molar-refractivity contribution is 0.0999. The van der Waals surface area contributed by atoms with Crippen LogP contribution in [0.3, 0.4) is 0 Å². The van der Waals surface area contributed by atoms with Gasteiger partial charge in [0.1, 0.15) is 0 Å². The molecule has 0 atom stereocenters. The molecule has 36 heavy (non-hydrogen) atoms. The fourth-order valence-electron chi connectivity index (χ4n) is 5.67. The Morgan fingerprint density at radius 1 is 0.944 bits per heavy atom. The van der Waals surface area contributed by atoms with Gasteiger partial charge in [0, 0.05) is 42.3 Å². The van der Waals surface area contributed by atoms with Crippen LogP contribution in [0.5, 0.6) is 0 Å². The number of piperidine rings is 1. The minimum atomic E-state index is -0.351. The van der Waals surface area contributed by atoms with Crippen molar-refractivity contribution in [2.75, 3.05) is 13.1 Å². The van der Waals surface area contributed by atoms with E-state index in [4.69, 9.17) is 10.7 Å². The highest BCUT2D eigenvalue weighted by molar-refractivity contribution is 7.07. The van der Waals surface area contributed by atoms with Crippen LogP contribution in [0, 0.1) is 0 Å². The number of thiophene rings is 1. The van der Waals surface area contributed by atoms with Crippen molar-refractivity contribution in [3.05, 3.63) is 104 Å². The SMILES string of the molecule is CCc1c(C(N)=O)ccc(C(=C2CCN(Cc3ccsc3)CC2)c2cccc3cccnc23)c1CC. The smallest absolute Gasteiger partial charge is 0.248 e. The molecular formula is C31H33N3OS. The molecular weight excluding hydrogens is 462 g/mol. The molecule has 0 radical (unpaired) electrons. The summed E-state index contributed by atoms with van der Waals surface area (Å²) in [6.07, 6.45) is 5.54. The monoisotopic (exact) mass is 495 g/mol. The van der Waals surface area contributed by atoms with Gasteiger partial charge >= 0.3 is 0 Å². The van der Waals surface area contributed by atoms with Crippen LogP contribution in [0.1, 0.15) is 64.9 Å². The lowest BCUT2D eigenvalue weighted by Gasteiger charge is -2.31. The molecule has 1 aliphatic rings. The lowest BCUT2D eigenvalue weighted by atomic mass is 9.82. The molecule has 5 heteroatoms. The van der Waals surface area contributed by atoms with E-state index >= 15 is 0 Å². The van der Waals surface area contributed by atoms with E-state index in [0.717, 1.165) is 61.8 Å². The molecule has 1 saturated heterocycles. The molecule has 2 aromatic carbocycles.